The average molecular weight is 222 g/mol. The number of hydrogen-bond acceptors (Lipinski definition) is 4. The molecule has 1 aromatic carbocycles. The molecule has 6 heteroatoms. The average Bonchev–Trinajstić information content (AvgIpc) is 2.64. The van der Waals surface area contributed by atoms with Crippen molar-refractivity contribution < 1.29 is 4.74 Å². The molecule has 0 bridgehead atoms. The van der Waals surface area contributed by atoms with Crippen molar-refractivity contribution in [3.8, 4) is 11.4 Å². The number of H-pyrrole nitrogens is 1. The molecule has 0 unspecified atom stereocenters. The third kappa shape index (κ3) is 1.75. The van der Waals surface area contributed by atoms with Gasteiger partial charge in [-0.3, -0.25) is 0 Å². The van der Waals surface area contributed by atoms with Crippen molar-refractivity contribution >= 4 is 12.2 Å². The molecule has 0 saturated heterocycles. The van der Waals surface area contributed by atoms with Gasteiger partial charge in [0.25, 0.3) is 0 Å². The summed E-state index contributed by atoms with van der Waals surface area (Å²) in [6.45, 7) is 1.97. The number of nitrogens with one attached hydrogen (secondary N) is 1. The third-order valence-corrected chi connectivity index (χ3v) is 2.37. The Kier molecular flexibility index (Phi) is 2.51. The first-order valence-electron chi connectivity index (χ1n) is 4.37. The molecular weight excluding hydrogens is 212 g/mol. The van der Waals surface area contributed by atoms with Gasteiger partial charge in [-0.05, 0) is 42.9 Å². The minimum absolute atomic E-state index is 0.402. The van der Waals surface area contributed by atoms with Crippen LogP contribution in [0.2, 0.25) is 0 Å². The zero-order valence-corrected chi connectivity index (χ0v) is 9.21. The first kappa shape index (κ1) is 9.85. The predicted octanol–water partition coefficient (Wildman–Crippen LogP) is 1.64. The molecule has 5 nitrogen and oxygen atoms in total. The van der Waals surface area contributed by atoms with E-state index in [1.165, 1.54) is 0 Å². The van der Waals surface area contributed by atoms with E-state index in [2.05, 4.69) is 15.5 Å². The molecule has 1 heterocycles. The first-order valence-corrected chi connectivity index (χ1v) is 4.78. The maximum Gasteiger partial charge on any atom is 0.242 e. The van der Waals surface area contributed by atoms with Gasteiger partial charge in [0.2, 0.25) is 4.77 Å². The number of hydrogen-bond donors (Lipinski definition) is 1. The van der Waals surface area contributed by atoms with Crippen LogP contribution < -0.4 is 4.74 Å². The number of benzene rings is 1. The number of ether oxygens (including phenoxy) is 1. The second-order valence-electron chi connectivity index (χ2n) is 3.07. The molecule has 0 aliphatic carbocycles. The Morgan fingerprint density at radius 1 is 1.47 bits per heavy atom. The molecule has 0 aliphatic heterocycles. The molecule has 2 aromatic rings. The third-order valence-electron chi connectivity index (χ3n) is 2.11. The molecule has 0 saturated carbocycles. The summed E-state index contributed by atoms with van der Waals surface area (Å²) >= 11 is 5.00. The van der Waals surface area contributed by atoms with Crippen LogP contribution in [0.15, 0.2) is 18.2 Å². The lowest BCUT2D eigenvalue weighted by molar-refractivity contribution is 0.411. The summed E-state index contributed by atoms with van der Waals surface area (Å²) in [6, 6.07) is 5.73. The van der Waals surface area contributed by atoms with Crippen LogP contribution in [-0.4, -0.2) is 27.3 Å². The Bertz CT molecular complexity index is 531. The van der Waals surface area contributed by atoms with Crippen molar-refractivity contribution in [2.24, 2.45) is 0 Å². The number of rotatable bonds is 2. The largest absolute Gasteiger partial charge is 0.496 e. The summed E-state index contributed by atoms with van der Waals surface area (Å²) in [4.78, 5) is 0. The monoisotopic (exact) mass is 222 g/mol. The van der Waals surface area contributed by atoms with Crippen LogP contribution in [0.5, 0.6) is 5.75 Å². The van der Waals surface area contributed by atoms with Crippen molar-refractivity contribution in [1.29, 1.82) is 0 Å². The second kappa shape index (κ2) is 3.82. The standard InChI is InChI=1S/C9H10N4OS/c1-6-5-7(3-4-8(6)14-2)13-9(15)10-11-12-13/h3-5H,1-2H3,(H,10,12,15). The van der Waals surface area contributed by atoms with Crippen LogP contribution in [0.3, 0.4) is 0 Å². The lowest BCUT2D eigenvalue weighted by Crippen LogP contribution is -1.98. The molecule has 0 fully saturated rings. The predicted molar refractivity (Wildman–Crippen MR) is 57.8 cm³/mol. The molecule has 2 rings (SSSR count). The van der Waals surface area contributed by atoms with Gasteiger partial charge in [0, 0.05) is 0 Å². The first-order chi connectivity index (χ1) is 7.22. The van der Waals surface area contributed by atoms with Gasteiger partial charge in [-0.25, -0.2) is 4.68 Å². The molecule has 15 heavy (non-hydrogen) atoms. The Morgan fingerprint density at radius 2 is 2.27 bits per heavy atom. The minimum atomic E-state index is 0.402. The second-order valence-corrected chi connectivity index (χ2v) is 3.44. The van der Waals surface area contributed by atoms with E-state index in [0.29, 0.717) is 4.77 Å². The van der Waals surface area contributed by atoms with Gasteiger partial charge in [-0.1, -0.05) is 10.3 Å². The number of aromatic amines is 1. The highest BCUT2D eigenvalue weighted by atomic mass is 32.1. The van der Waals surface area contributed by atoms with E-state index in [1.807, 2.05) is 25.1 Å². The van der Waals surface area contributed by atoms with E-state index < -0.39 is 0 Å². The fourth-order valence-electron chi connectivity index (χ4n) is 1.37. The van der Waals surface area contributed by atoms with Gasteiger partial charge in [0.1, 0.15) is 5.75 Å². The highest BCUT2D eigenvalue weighted by Gasteiger charge is 2.03. The Morgan fingerprint density at radius 3 is 2.80 bits per heavy atom. The summed E-state index contributed by atoms with van der Waals surface area (Å²) < 4.78 is 7.20. The maximum atomic E-state index is 5.17. The summed E-state index contributed by atoms with van der Waals surface area (Å²) in [5, 5.41) is 10.0. The summed E-state index contributed by atoms with van der Waals surface area (Å²) in [5.41, 5.74) is 1.93. The number of aromatic nitrogens is 4. The zero-order chi connectivity index (χ0) is 10.8. The molecule has 0 radical (unpaired) electrons. The summed E-state index contributed by atoms with van der Waals surface area (Å²) in [5.74, 6) is 0.845. The van der Waals surface area contributed by atoms with Gasteiger partial charge in [-0.15, -0.1) is 0 Å². The lowest BCUT2D eigenvalue weighted by atomic mass is 10.2. The van der Waals surface area contributed by atoms with E-state index in [-0.39, 0.29) is 0 Å². The Balaban J connectivity index is 2.52. The van der Waals surface area contributed by atoms with Crippen LogP contribution in [0.25, 0.3) is 5.69 Å². The quantitative estimate of drug-likeness (QED) is 0.785. The molecule has 1 aromatic heterocycles. The van der Waals surface area contributed by atoms with Crippen molar-refractivity contribution in [2.75, 3.05) is 7.11 Å². The van der Waals surface area contributed by atoms with E-state index in [4.69, 9.17) is 17.0 Å². The number of aryl methyl sites for hydroxylation is 1. The smallest absolute Gasteiger partial charge is 0.242 e. The van der Waals surface area contributed by atoms with E-state index in [9.17, 15) is 0 Å². The van der Waals surface area contributed by atoms with E-state index in [1.54, 1.807) is 11.8 Å². The van der Waals surface area contributed by atoms with Crippen molar-refractivity contribution in [3.63, 3.8) is 0 Å². The fourth-order valence-corrected chi connectivity index (χ4v) is 1.55. The molecule has 0 aliphatic rings. The normalized spacial score (nSPS) is 10.3. The highest BCUT2D eigenvalue weighted by Crippen LogP contribution is 2.20. The number of tetrazole rings is 1. The van der Waals surface area contributed by atoms with Gasteiger partial charge in [0.05, 0.1) is 12.8 Å². The molecular formula is C9H10N4OS. The summed E-state index contributed by atoms with van der Waals surface area (Å²) in [7, 11) is 1.64. The topological polar surface area (TPSA) is 55.7 Å². The van der Waals surface area contributed by atoms with E-state index >= 15 is 0 Å². The summed E-state index contributed by atoms with van der Waals surface area (Å²) in [6.07, 6.45) is 0. The van der Waals surface area contributed by atoms with Crippen molar-refractivity contribution in [3.05, 3.63) is 28.5 Å². The maximum absolute atomic E-state index is 5.17. The van der Waals surface area contributed by atoms with Gasteiger partial charge in [0.15, 0.2) is 0 Å². The van der Waals surface area contributed by atoms with Gasteiger partial charge in [-0.2, -0.15) is 5.21 Å². The number of nitrogens with zero attached hydrogens (tertiary/aromatic N) is 3. The molecule has 0 atom stereocenters. The van der Waals surface area contributed by atoms with Gasteiger partial charge >= 0.3 is 0 Å². The Hall–Kier alpha value is -1.69. The van der Waals surface area contributed by atoms with Crippen LogP contribution in [-0.2, 0) is 0 Å². The van der Waals surface area contributed by atoms with E-state index in [0.717, 1.165) is 17.0 Å². The SMILES string of the molecule is COc1ccc(-n2[nH]nnc2=S)cc1C. The number of methoxy groups -OCH3 is 1. The van der Waals surface area contributed by atoms with Crippen molar-refractivity contribution in [1.82, 2.24) is 20.2 Å². The molecule has 0 amide bonds. The fraction of sp³-hybridized carbons (Fsp3) is 0.222. The molecule has 78 valence electrons. The minimum Gasteiger partial charge on any atom is -0.496 e. The van der Waals surface area contributed by atoms with Crippen LogP contribution in [0.1, 0.15) is 5.56 Å². The zero-order valence-electron chi connectivity index (χ0n) is 8.39. The molecule has 1 N–H and O–H groups in total. The van der Waals surface area contributed by atoms with Crippen LogP contribution in [0, 0.1) is 11.7 Å². The van der Waals surface area contributed by atoms with Gasteiger partial charge < -0.3 is 4.74 Å². The lowest BCUT2D eigenvalue weighted by Gasteiger charge is -2.06. The molecule has 0 spiro atoms. The van der Waals surface area contributed by atoms with Crippen molar-refractivity contribution in [2.45, 2.75) is 6.92 Å². The van der Waals surface area contributed by atoms with Crippen LogP contribution >= 0.6 is 12.2 Å². The van der Waals surface area contributed by atoms with Crippen LogP contribution in [0.4, 0.5) is 0 Å². The highest BCUT2D eigenvalue weighted by molar-refractivity contribution is 7.71. The Labute approximate surface area is 91.7 Å².